The number of nitrogens with one attached hydrogen (secondary N) is 2. The van der Waals surface area contributed by atoms with Gasteiger partial charge in [-0.05, 0) is 30.7 Å². The van der Waals surface area contributed by atoms with Gasteiger partial charge in [0.15, 0.2) is 6.10 Å². The number of carbonyl (C=O) groups excluding carboxylic acids is 3. The Morgan fingerprint density at radius 1 is 0.973 bits per heavy atom. The molecule has 37 heavy (non-hydrogen) atoms. The highest BCUT2D eigenvalue weighted by molar-refractivity contribution is 6.20. The number of para-hydroxylation sites is 1. The Morgan fingerprint density at radius 3 is 2.27 bits per heavy atom. The molecule has 3 amide bonds. The van der Waals surface area contributed by atoms with Crippen molar-refractivity contribution in [3.8, 4) is 0 Å². The van der Waals surface area contributed by atoms with Crippen LogP contribution in [-0.4, -0.2) is 47.8 Å². The summed E-state index contributed by atoms with van der Waals surface area (Å²) in [6.45, 7) is 1.34. The summed E-state index contributed by atoms with van der Waals surface area (Å²) in [5, 5.41) is 15.0. The van der Waals surface area contributed by atoms with E-state index in [2.05, 4.69) is 15.6 Å². The largest absolute Gasteiger partial charge is 0.378 e. The zero-order chi connectivity index (χ0) is 26.7. The minimum atomic E-state index is -1.91. The van der Waals surface area contributed by atoms with Crippen LogP contribution in [0, 0.1) is 11.6 Å². The van der Waals surface area contributed by atoms with Crippen molar-refractivity contribution in [3.63, 3.8) is 0 Å². The van der Waals surface area contributed by atoms with Crippen molar-refractivity contribution in [2.45, 2.75) is 25.2 Å². The molecule has 0 bridgehead atoms. The number of rotatable bonds is 6. The zero-order valence-electron chi connectivity index (χ0n) is 20.0. The molecule has 3 aromatic carbocycles. The van der Waals surface area contributed by atoms with Gasteiger partial charge in [-0.2, -0.15) is 0 Å². The lowest BCUT2D eigenvalue weighted by atomic mass is 10.0. The minimum Gasteiger partial charge on any atom is -0.378 e. The molecule has 0 spiro atoms. The SMILES string of the molecule is CC(NC(=O)C(O)c1cc(F)cc(F)c1)C(=O)N[C@H]1N=C(c2ccccc2)c2ccccc2N(C)C1=O. The molecule has 1 aliphatic heterocycles. The van der Waals surface area contributed by atoms with Crippen LogP contribution in [0.5, 0.6) is 0 Å². The summed E-state index contributed by atoms with van der Waals surface area (Å²) in [7, 11) is 1.57. The molecule has 1 heterocycles. The van der Waals surface area contributed by atoms with E-state index in [-0.39, 0.29) is 5.56 Å². The molecule has 3 atom stereocenters. The first-order valence-corrected chi connectivity index (χ1v) is 11.4. The van der Waals surface area contributed by atoms with Crippen LogP contribution in [-0.2, 0) is 14.4 Å². The van der Waals surface area contributed by atoms with Crippen molar-refractivity contribution in [2.24, 2.45) is 4.99 Å². The topological polar surface area (TPSA) is 111 Å². The summed E-state index contributed by atoms with van der Waals surface area (Å²) in [5.41, 5.74) is 2.24. The van der Waals surface area contributed by atoms with Gasteiger partial charge in [-0.15, -0.1) is 0 Å². The Bertz CT molecular complexity index is 1360. The summed E-state index contributed by atoms with van der Waals surface area (Å²) in [6, 6.07) is 17.4. The highest BCUT2D eigenvalue weighted by Crippen LogP contribution is 2.27. The van der Waals surface area contributed by atoms with Crippen LogP contribution in [0.15, 0.2) is 77.8 Å². The maximum atomic E-state index is 13.5. The monoisotopic (exact) mass is 506 g/mol. The maximum absolute atomic E-state index is 13.5. The van der Waals surface area contributed by atoms with Crippen molar-refractivity contribution in [3.05, 3.63) is 101 Å². The number of aliphatic imine (C=N–C) groups is 1. The van der Waals surface area contributed by atoms with Crippen molar-refractivity contribution in [2.75, 3.05) is 11.9 Å². The lowest BCUT2D eigenvalue weighted by Gasteiger charge is -2.22. The van der Waals surface area contributed by atoms with Crippen molar-refractivity contribution >= 4 is 29.1 Å². The van der Waals surface area contributed by atoms with Gasteiger partial charge in [0, 0.05) is 24.2 Å². The second-order valence-corrected chi connectivity index (χ2v) is 8.50. The summed E-state index contributed by atoms with van der Waals surface area (Å²) in [4.78, 5) is 44.6. The summed E-state index contributed by atoms with van der Waals surface area (Å²) >= 11 is 0. The fourth-order valence-corrected chi connectivity index (χ4v) is 3.94. The second-order valence-electron chi connectivity index (χ2n) is 8.50. The Morgan fingerprint density at radius 2 is 1.59 bits per heavy atom. The average molecular weight is 507 g/mol. The van der Waals surface area contributed by atoms with Crippen LogP contribution in [0.25, 0.3) is 0 Å². The molecular formula is C27H24F2N4O4. The third-order valence-corrected chi connectivity index (χ3v) is 5.87. The van der Waals surface area contributed by atoms with Gasteiger partial charge in [0.25, 0.3) is 11.8 Å². The van der Waals surface area contributed by atoms with Gasteiger partial charge in [0.1, 0.15) is 17.7 Å². The Kier molecular flexibility index (Phi) is 7.40. The molecule has 0 saturated heterocycles. The standard InChI is InChI=1S/C27H24F2N4O4/c1-15(30-26(36)23(34)17-12-18(28)14-19(29)13-17)25(35)32-24-27(37)33(2)21-11-7-6-10-20(21)22(31-24)16-8-4-3-5-9-16/h3-15,23-24,34H,1-2H3,(H,30,36)(H,32,35)/t15?,23?,24-/m1/s1. The van der Waals surface area contributed by atoms with Gasteiger partial charge in [-0.1, -0.05) is 48.5 Å². The number of nitrogens with zero attached hydrogens (tertiary/aromatic N) is 2. The molecule has 0 aromatic heterocycles. The molecule has 0 saturated carbocycles. The molecule has 3 aromatic rings. The smallest absolute Gasteiger partial charge is 0.272 e. The molecule has 10 heteroatoms. The van der Waals surface area contributed by atoms with Crippen molar-refractivity contribution in [1.29, 1.82) is 0 Å². The number of hydrogen-bond donors (Lipinski definition) is 3. The van der Waals surface area contributed by atoms with Crippen LogP contribution < -0.4 is 15.5 Å². The van der Waals surface area contributed by atoms with Gasteiger partial charge in [-0.25, -0.2) is 13.8 Å². The number of benzodiazepines with no additional fused rings is 1. The zero-order valence-corrected chi connectivity index (χ0v) is 20.0. The lowest BCUT2D eigenvalue weighted by molar-refractivity contribution is -0.134. The van der Waals surface area contributed by atoms with Gasteiger partial charge in [-0.3, -0.25) is 14.4 Å². The molecule has 190 valence electrons. The minimum absolute atomic E-state index is 0.307. The van der Waals surface area contributed by atoms with Gasteiger partial charge >= 0.3 is 0 Å². The quantitative estimate of drug-likeness (QED) is 0.477. The molecule has 2 unspecified atom stereocenters. The first-order chi connectivity index (χ1) is 17.7. The number of halogens is 2. The molecule has 1 aliphatic rings. The average Bonchev–Trinajstić information content (AvgIpc) is 2.98. The third kappa shape index (κ3) is 5.54. The van der Waals surface area contributed by atoms with E-state index in [1.54, 1.807) is 19.2 Å². The first kappa shape index (κ1) is 25.6. The van der Waals surface area contributed by atoms with E-state index < -0.39 is 47.7 Å². The summed E-state index contributed by atoms with van der Waals surface area (Å²) < 4.78 is 26.9. The predicted molar refractivity (Wildman–Crippen MR) is 133 cm³/mol. The van der Waals surface area contributed by atoms with E-state index in [1.807, 2.05) is 42.5 Å². The fourth-order valence-electron chi connectivity index (χ4n) is 3.94. The van der Waals surface area contributed by atoms with E-state index in [0.717, 1.165) is 17.7 Å². The molecule has 3 N–H and O–H groups in total. The summed E-state index contributed by atoms with van der Waals surface area (Å²) in [5.74, 6) is -4.22. The predicted octanol–water partition coefficient (Wildman–Crippen LogP) is 2.46. The Labute approximate surface area is 211 Å². The Hall–Kier alpha value is -4.44. The second kappa shape index (κ2) is 10.7. The van der Waals surface area contributed by atoms with Crippen molar-refractivity contribution < 1.29 is 28.3 Å². The number of carbonyl (C=O) groups is 3. The third-order valence-electron chi connectivity index (χ3n) is 5.87. The van der Waals surface area contributed by atoms with Gasteiger partial charge in [0.05, 0.1) is 11.4 Å². The number of benzene rings is 3. The van der Waals surface area contributed by atoms with E-state index in [4.69, 9.17) is 0 Å². The molecule has 0 radical (unpaired) electrons. The van der Waals surface area contributed by atoms with E-state index in [0.29, 0.717) is 23.0 Å². The molecular weight excluding hydrogens is 482 g/mol. The van der Waals surface area contributed by atoms with Crippen LogP contribution in [0.4, 0.5) is 14.5 Å². The number of fused-ring (bicyclic) bond motifs is 1. The molecule has 0 fully saturated rings. The number of aliphatic hydroxyl groups excluding tert-OH is 1. The van der Waals surface area contributed by atoms with Crippen LogP contribution in [0.3, 0.4) is 0 Å². The van der Waals surface area contributed by atoms with Crippen LogP contribution in [0.1, 0.15) is 29.7 Å². The van der Waals surface area contributed by atoms with Gasteiger partial charge < -0.3 is 20.6 Å². The Balaban J connectivity index is 1.55. The number of anilines is 1. The highest BCUT2D eigenvalue weighted by atomic mass is 19.1. The fraction of sp³-hybridized carbons (Fsp3) is 0.185. The number of hydrogen-bond acceptors (Lipinski definition) is 5. The molecule has 8 nitrogen and oxygen atoms in total. The highest BCUT2D eigenvalue weighted by Gasteiger charge is 2.32. The number of amides is 3. The lowest BCUT2D eigenvalue weighted by Crippen LogP contribution is -2.52. The van der Waals surface area contributed by atoms with Gasteiger partial charge in [0.2, 0.25) is 12.1 Å². The molecule has 4 rings (SSSR count). The van der Waals surface area contributed by atoms with Crippen LogP contribution in [0.2, 0.25) is 0 Å². The van der Waals surface area contributed by atoms with E-state index in [1.165, 1.54) is 11.8 Å². The van der Waals surface area contributed by atoms with Crippen LogP contribution >= 0.6 is 0 Å². The normalized spacial score (nSPS) is 16.7. The summed E-state index contributed by atoms with van der Waals surface area (Å²) in [6.07, 6.45) is -3.22. The van der Waals surface area contributed by atoms with E-state index >= 15 is 0 Å². The maximum Gasteiger partial charge on any atom is 0.272 e. The number of aliphatic hydroxyl groups is 1. The molecule has 0 aliphatic carbocycles. The van der Waals surface area contributed by atoms with Crippen molar-refractivity contribution in [1.82, 2.24) is 10.6 Å². The number of likely N-dealkylation sites (N-methyl/N-ethyl adjacent to an activating group) is 1. The van der Waals surface area contributed by atoms with E-state index in [9.17, 15) is 28.3 Å². The first-order valence-electron chi connectivity index (χ1n) is 11.4.